The van der Waals surface area contributed by atoms with Crippen molar-refractivity contribution in [2.75, 3.05) is 13.1 Å². The lowest BCUT2D eigenvalue weighted by Crippen LogP contribution is -2.40. The number of aryl methyl sites for hydroxylation is 1. The summed E-state index contributed by atoms with van der Waals surface area (Å²) in [7, 11) is 0. The Morgan fingerprint density at radius 3 is 2.76 bits per heavy atom. The Bertz CT molecular complexity index is 386. The highest BCUT2D eigenvalue weighted by Gasteiger charge is 2.20. The second-order valence-corrected chi connectivity index (χ2v) is 6.12. The third-order valence-electron chi connectivity index (χ3n) is 3.03. The zero-order valence-corrected chi connectivity index (χ0v) is 11.1. The Labute approximate surface area is 110 Å². The largest absolute Gasteiger partial charge is 0.393 e. The van der Waals surface area contributed by atoms with Crippen LogP contribution in [0.15, 0.2) is 12.1 Å². The van der Waals surface area contributed by atoms with Gasteiger partial charge in [0.05, 0.1) is 10.4 Å². The zero-order chi connectivity index (χ0) is 12.3. The van der Waals surface area contributed by atoms with E-state index in [2.05, 4.69) is 0 Å². The van der Waals surface area contributed by atoms with Crippen molar-refractivity contribution in [3.8, 4) is 0 Å². The molecule has 1 aromatic rings. The van der Waals surface area contributed by atoms with E-state index in [0.717, 1.165) is 15.6 Å². The molecule has 17 heavy (non-hydrogen) atoms. The topological polar surface area (TPSA) is 40.5 Å². The SMILES string of the molecule is O=C(CCc1ccc(Cl)s1)N1CCC(O)CC1. The maximum atomic E-state index is 11.9. The Hall–Kier alpha value is -0.580. The number of amides is 1. The molecule has 1 amide bonds. The minimum atomic E-state index is -0.227. The number of piperidine rings is 1. The number of hydrogen-bond acceptors (Lipinski definition) is 3. The molecule has 1 N–H and O–H groups in total. The van der Waals surface area contributed by atoms with Crippen LogP contribution in [0.1, 0.15) is 24.1 Å². The summed E-state index contributed by atoms with van der Waals surface area (Å²) >= 11 is 7.37. The number of rotatable bonds is 3. The number of nitrogens with zero attached hydrogens (tertiary/aromatic N) is 1. The molecule has 0 aromatic carbocycles. The van der Waals surface area contributed by atoms with E-state index in [0.29, 0.717) is 32.4 Å². The second-order valence-electron chi connectivity index (χ2n) is 4.32. The van der Waals surface area contributed by atoms with Gasteiger partial charge in [0.2, 0.25) is 5.91 Å². The summed E-state index contributed by atoms with van der Waals surface area (Å²) in [5, 5.41) is 9.37. The Morgan fingerprint density at radius 2 is 2.18 bits per heavy atom. The van der Waals surface area contributed by atoms with Crippen LogP contribution in [0.3, 0.4) is 0 Å². The Kier molecular flexibility index (Phi) is 4.42. The molecular formula is C12H16ClNO2S. The van der Waals surface area contributed by atoms with Crippen molar-refractivity contribution in [3.63, 3.8) is 0 Å². The Morgan fingerprint density at radius 1 is 1.47 bits per heavy atom. The second kappa shape index (κ2) is 5.85. The normalized spacial score (nSPS) is 17.4. The molecule has 0 saturated carbocycles. The van der Waals surface area contributed by atoms with Gasteiger partial charge in [0.1, 0.15) is 0 Å². The number of likely N-dealkylation sites (tertiary alicyclic amines) is 1. The van der Waals surface area contributed by atoms with Crippen molar-refractivity contribution in [1.82, 2.24) is 4.90 Å². The first kappa shape index (κ1) is 12.9. The van der Waals surface area contributed by atoms with E-state index in [-0.39, 0.29) is 12.0 Å². The van der Waals surface area contributed by atoms with Gasteiger partial charge in [-0.25, -0.2) is 0 Å². The predicted molar refractivity (Wildman–Crippen MR) is 69.5 cm³/mol. The molecule has 94 valence electrons. The van der Waals surface area contributed by atoms with Crippen LogP contribution in [-0.4, -0.2) is 35.1 Å². The number of carbonyl (C=O) groups is 1. The molecule has 0 unspecified atom stereocenters. The highest BCUT2D eigenvalue weighted by Crippen LogP contribution is 2.23. The van der Waals surface area contributed by atoms with E-state index in [1.54, 1.807) is 0 Å². The number of aliphatic hydroxyl groups excluding tert-OH is 1. The zero-order valence-electron chi connectivity index (χ0n) is 9.56. The summed E-state index contributed by atoms with van der Waals surface area (Å²) in [5.41, 5.74) is 0. The molecule has 1 aliphatic rings. The monoisotopic (exact) mass is 273 g/mol. The summed E-state index contributed by atoms with van der Waals surface area (Å²) in [5.74, 6) is 0.182. The Balaban J connectivity index is 1.77. The number of aliphatic hydroxyl groups is 1. The van der Waals surface area contributed by atoms with Crippen LogP contribution >= 0.6 is 22.9 Å². The average molecular weight is 274 g/mol. The summed E-state index contributed by atoms with van der Waals surface area (Å²) < 4.78 is 0.772. The van der Waals surface area contributed by atoms with Crippen LogP contribution in [0, 0.1) is 0 Å². The fourth-order valence-electron chi connectivity index (χ4n) is 1.99. The first-order valence-electron chi connectivity index (χ1n) is 5.85. The van der Waals surface area contributed by atoms with Gasteiger partial charge in [-0.3, -0.25) is 4.79 Å². The molecule has 0 bridgehead atoms. The third kappa shape index (κ3) is 3.69. The van der Waals surface area contributed by atoms with Crippen LogP contribution in [0.4, 0.5) is 0 Å². The van der Waals surface area contributed by atoms with E-state index >= 15 is 0 Å². The summed E-state index contributed by atoms with van der Waals surface area (Å²) in [6, 6.07) is 3.84. The number of thiophene rings is 1. The van der Waals surface area contributed by atoms with E-state index in [4.69, 9.17) is 11.6 Å². The molecule has 0 atom stereocenters. The van der Waals surface area contributed by atoms with Crippen molar-refractivity contribution < 1.29 is 9.90 Å². The molecule has 1 aliphatic heterocycles. The predicted octanol–water partition coefficient (Wildman–Crippen LogP) is 2.32. The smallest absolute Gasteiger partial charge is 0.222 e. The maximum Gasteiger partial charge on any atom is 0.222 e. The molecule has 1 fully saturated rings. The average Bonchev–Trinajstić information content (AvgIpc) is 2.73. The van der Waals surface area contributed by atoms with Crippen LogP contribution in [0.5, 0.6) is 0 Å². The molecular weight excluding hydrogens is 258 g/mol. The minimum Gasteiger partial charge on any atom is -0.393 e. The van der Waals surface area contributed by atoms with Crippen LogP contribution in [0.2, 0.25) is 4.34 Å². The first-order chi connectivity index (χ1) is 8.15. The van der Waals surface area contributed by atoms with Gasteiger partial charge in [0, 0.05) is 24.4 Å². The molecule has 2 rings (SSSR count). The lowest BCUT2D eigenvalue weighted by Gasteiger charge is -2.29. The van der Waals surface area contributed by atoms with Gasteiger partial charge in [-0.05, 0) is 31.4 Å². The van der Waals surface area contributed by atoms with Gasteiger partial charge in [-0.2, -0.15) is 0 Å². The number of hydrogen-bond donors (Lipinski definition) is 1. The fourth-order valence-corrected chi connectivity index (χ4v) is 3.08. The van der Waals surface area contributed by atoms with E-state index in [1.165, 1.54) is 11.3 Å². The van der Waals surface area contributed by atoms with Crippen molar-refractivity contribution in [2.45, 2.75) is 31.8 Å². The highest BCUT2D eigenvalue weighted by molar-refractivity contribution is 7.16. The molecule has 1 aromatic heterocycles. The molecule has 0 aliphatic carbocycles. The van der Waals surface area contributed by atoms with Crippen molar-refractivity contribution in [3.05, 3.63) is 21.3 Å². The van der Waals surface area contributed by atoms with Crippen LogP contribution in [0.25, 0.3) is 0 Å². The van der Waals surface area contributed by atoms with Gasteiger partial charge in [0.15, 0.2) is 0 Å². The van der Waals surface area contributed by atoms with Gasteiger partial charge < -0.3 is 10.0 Å². The van der Waals surface area contributed by atoms with Gasteiger partial charge in [0.25, 0.3) is 0 Å². The summed E-state index contributed by atoms with van der Waals surface area (Å²) in [6.45, 7) is 1.37. The van der Waals surface area contributed by atoms with Crippen molar-refractivity contribution in [2.24, 2.45) is 0 Å². The maximum absolute atomic E-state index is 11.9. The molecule has 1 saturated heterocycles. The number of carbonyl (C=O) groups excluding carboxylic acids is 1. The lowest BCUT2D eigenvalue weighted by atomic mass is 10.1. The molecule has 0 spiro atoms. The number of halogens is 1. The van der Waals surface area contributed by atoms with Crippen molar-refractivity contribution in [1.29, 1.82) is 0 Å². The summed E-state index contributed by atoms with van der Waals surface area (Å²) in [4.78, 5) is 14.9. The van der Waals surface area contributed by atoms with Crippen molar-refractivity contribution >= 4 is 28.8 Å². The fraction of sp³-hybridized carbons (Fsp3) is 0.583. The van der Waals surface area contributed by atoms with Crippen LogP contribution < -0.4 is 0 Å². The quantitative estimate of drug-likeness (QED) is 0.918. The molecule has 5 heteroatoms. The molecule has 2 heterocycles. The van der Waals surface area contributed by atoms with Crippen LogP contribution in [-0.2, 0) is 11.2 Å². The van der Waals surface area contributed by atoms with Gasteiger partial charge >= 0.3 is 0 Å². The van der Waals surface area contributed by atoms with Gasteiger partial charge in [-0.1, -0.05) is 11.6 Å². The molecule has 0 radical (unpaired) electrons. The minimum absolute atomic E-state index is 0.182. The molecule has 3 nitrogen and oxygen atoms in total. The van der Waals surface area contributed by atoms with Gasteiger partial charge in [-0.15, -0.1) is 11.3 Å². The highest BCUT2D eigenvalue weighted by atomic mass is 35.5. The standard InChI is InChI=1S/C12H16ClNO2S/c13-11-3-1-10(17-11)2-4-12(16)14-7-5-9(15)6-8-14/h1,3,9,15H,2,4-8H2. The first-order valence-corrected chi connectivity index (χ1v) is 7.04. The van der Waals surface area contributed by atoms with E-state index < -0.39 is 0 Å². The van der Waals surface area contributed by atoms with E-state index in [9.17, 15) is 9.90 Å². The summed E-state index contributed by atoms with van der Waals surface area (Å²) in [6.07, 6.45) is 2.48. The lowest BCUT2D eigenvalue weighted by molar-refractivity contribution is -0.133. The third-order valence-corrected chi connectivity index (χ3v) is 4.32. The van der Waals surface area contributed by atoms with E-state index in [1.807, 2.05) is 17.0 Å².